The van der Waals surface area contributed by atoms with E-state index >= 15 is 0 Å². The van der Waals surface area contributed by atoms with E-state index in [9.17, 15) is 4.79 Å². The number of halogens is 1. The van der Waals surface area contributed by atoms with E-state index in [-0.39, 0.29) is 12.2 Å². The highest BCUT2D eigenvalue weighted by molar-refractivity contribution is 7.17. The molecule has 130 valence electrons. The Hall–Kier alpha value is -2.38. The van der Waals surface area contributed by atoms with Crippen LogP contribution >= 0.6 is 22.9 Å². The molecule has 0 fully saturated rings. The van der Waals surface area contributed by atoms with Crippen LogP contribution in [0, 0.1) is 6.92 Å². The number of nitrogens with one attached hydrogen (secondary N) is 1. The Morgan fingerprint density at radius 2 is 2.28 bits per heavy atom. The van der Waals surface area contributed by atoms with Crippen LogP contribution in [0.25, 0.3) is 10.7 Å². The first-order valence-corrected chi connectivity index (χ1v) is 8.88. The zero-order valence-electron chi connectivity index (χ0n) is 13.9. The minimum Gasteiger partial charge on any atom is -0.471 e. The van der Waals surface area contributed by atoms with Crippen LogP contribution in [-0.2, 0) is 6.61 Å². The van der Waals surface area contributed by atoms with Crippen molar-refractivity contribution < 1.29 is 4.74 Å². The number of rotatable bonds is 6. The molecule has 0 atom stereocenters. The van der Waals surface area contributed by atoms with E-state index in [0.29, 0.717) is 27.3 Å². The normalized spacial score (nSPS) is 10.8. The van der Waals surface area contributed by atoms with E-state index in [1.54, 1.807) is 16.5 Å². The van der Waals surface area contributed by atoms with Gasteiger partial charge >= 0.3 is 0 Å². The molecule has 8 heteroatoms. The molecule has 0 saturated heterocycles. The fourth-order valence-corrected chi connectivity index (χ4v) is 3.57. The molecule has 0 aliphatic carbocycles. The molecule has 0 amide bonds. The van der Waals surface area contributed by atoms with Crippen molar-refractivity contribution in [3.05, 3.63) is 62.6 Å². The van der Waals surface area contributed by atoms with Crippen molar-refractivity contribution >= 4 is 33.6 Å². The van der Waals surface area contributed by atoms with Gasteiger partial charge in [0, 0.05) is 29.8 Å². The summed E-state index contributed by atoms with van der Waals surface area (Å²) in [6, 6.07) is 4.83. The second-order valence-electron chi connectivity index (χ2n) is 5.32. The average Bonchev–Trinajstić information content (AvgIpc) is 2.91. The minimum atomic E-state index is -0.161. The third-order valence-electron chi connectivity index (χ3n) is 3.49. The molecular formula is C17H17ClN4O2S. The van der Waals surface area contributed by atoms with Gasteiger partial charge in [-0.1, -0.05) is 18.2 Å². The number of hydrogen-bond donors (Lipinski definition) is 1. The first-order valence-electron chi connectivity index (χ1n) is 7.69. The van der Waals surface area contributed by atoms with Crippen LogP contribution in [0.3, 0.4) is 0 Å². The number of fused-ring (bicyclic) bond motifs is 1. The van der Waals surface area contributed by atoms with Gasteiger partial charge in [-0.25, -0.2) is 14.4 Å². The van der Waals surface area contributed by atoms with Gasteiger partial charge in [0.25, 0.3) is 5.56 Å². The van der Waals surface area contributed by atoms with E-state index in [4.69, 9.17) is 16.3 Å². The van der Waals surface area contributed by atoms with Crippen molar-refractivity contribution in [2.45, 2.75) is 20.5 Å². The molecule has 0 aliphatic heterocycles. The van der Waals surface area contributed by atoms with Crippen LogP contribution in [0.4, 0.5) is 0 Å². The van der Waals surface area contributed by atoms with Gasteiger partial charge in [-0.3, -0.25) is 4.79 Å². The molecule has 0 unspecified atom stereocenters. The van der Waals surface area contributed by atoms with Crippen LogP contribution in [-0.4, -0.2) is 20.9 Å². The molecule has 1 N–H and O–H groups in total. The van der Waals surface area contributed by atoms with Gasteiger partial charge in [-0.2, -0.15) is 0 Å². The molecule has 25 heavy (non-hydrogen) atoms. The standard InChI is InChI=1S/C17H17ClN4O2S/c1-4-19-10(2)16-11(3)25-17-21-13(7-15(23)22(16)17)9-24-14-6-5-12(18)8-20-14/h5-8,19H,2,4,9H2,1,3H3. The van der Waals surface area contributed by atoms with Gasteiger partial charge in [0.2, 0.25) is 5.88 Å². The lowest BCUT2D eigenvalue weighted by Gasteiger charge is -2.08. The van der Waals surface area contributed by atoms with Gasteiger partial charge < -0.3 is 10.1 Å². The number of aryl methyl sites for hydroxylation is 1. The van der Waals surface area contributed by atoms with E-state index in [2.05, 4.69) is 21.9 Å². The highest BCUT2D eigenvalue weighted by Gasteiger charge is 2.15. The molecule has 3 aromatic rings. The Kier molecular flexibility index (Phi) is 5.06. The van der Waals surface area contributed by atoms with Gasteiger partial charge in [0.15, 0.2) is 4.96 Å². The Morgan fingerprint density at radius 3 is 2.96 bits per heavy atom. The fourth-order valence-electron chi connectivity index (χ4n) is 2.44. The molecular weight excluding hydrogens is 360 g/mol. The van der Waals surface area contributed by atoms with E-state index in [1.165, 1.54) is 23.6 Å². The first kappa shape index (κ1) is 17.4. The van der Waals surface area contributed by atoms with Crippen LogP contribution in [0.1, 0.15) is 23.2 Å². The van der Waals surface area contributed by atoms with Crippen LogP contribution in [0.2, 0.25) is 5.02 Å². The first-order chi connectivity index (χ1) is 12.0. The maximum absolute atomic E-state index is 12.6. The summed E-state index contributed by atoms with van der Waals surface area (Å²) in [4.78, 5) is 22.7. The monoisotopic (exact) mass is 376 g/mol. The molecule has 0 aromatic carbocycles. The highest BCUT2D eigenvalue weighted by atomic mass is 35.5. The highest BCUT2D eigenvalue weighted by Crippen LogP contribution is 2.24. The van der Waals surface area contributed by atoms with Crippen LogP contribution in [0.15, 0.2) is 35.8 Å². The van der Waals surface area contributed by atoms with Gasteiger partial charge in [0.1, 0.15) is 6.61 Å². The van der Waals surface area contributed by atoms with Crippen LogP contribution < -0.4 is 15.6 Å². The summed E-state index contributed by atoms with van der Waals surface area (Å²) < 4.78 is 7.15. The molecule has 0 bridgehead atoms. The topological polar surface area (TPSA) is 68.5 Å². The smallest absolute Gasteiger partial charge is 0.259 e. The summed E-state index contributed by atoms with van der Waals surface area (Å²) in [5.74, 6) is 0.426. The number of hydrogen-bond acceptors (Lipinski definition) is 6. The third-order valence-corrected chi connectivity index (χ3v) is 4.67. The lowest BCUT2D eigenvalue weighted by atomic mass is 10.3. The predicted molar refractivity (Wildman–Crippen MR) is 100 cm³/mol. The maximum Gasteiger partial charge on any atom is 0.259 e. The molecule has 0 radical (unpaired) electrons. The fraction of sp³-hybridized carbons (Fsp3) is 0.235. The zero-order valence-corrected chi connectivity index (χ0v) is 15.4. The number of nitrogens with zero attached hydrogens (tertiary/aromatic N) is 3. The van der Waals surface area contributed by atoms with Gasteiger partial charge in [-0.05, 0) is 19.9 Å². The molecule has 0 aliphatic rings. The van der Waals surface area contributed by atoms with Crippen molar-refractivity contribution in [3.8, 4) is 5.88 Å². The predicted octanol–water partition coefficient (Wildman–Crippen LogP) is 3.27. The van der Waals surface area contributed by atoms with Crippen molar-refractivity contribution in [1.29, 1.82) is 0 Å². The molecule has 3 heterocycles. The molecule has 3 aromatic heterocycles. The summed E-state index contributed by atoms with van der Waals surface area (Å²) in [6.07, 6.45) is 1.50. The largest absolute Gasteiger partial charge is 0.471 e. The quantitative estimate of drug-likeness (QED) is 0.715. The van der Waals surface area contributed by atoms with Gasteiger partial charge in [0.05, 0.1) is 22.1 Å². The Morgan fingerprint density at radius 1 is 1.48 bits per heavy atom. The summed E-state index contributed by atoms with van der Waals surface area (Å²) in [5, 5.41) is 3.69. The number of pyridine rings is 1. The minimum absolute atomic E-state index is 0.154. The lowest BCUT2D eigenvalue weighted by Crippen LogP contribution is -2.20. The van der Waals surface area contributed by atoms with E-state index in [0.717, 1.165) is 17.1 Å². The summed E-state index contributed by atoms with van der Waals surface area (Å²) in [7, 11) is 0. The third kappa shape index (κ3) is 3.67. The summed E-state index contributed by atoms with van der Waals surface area (Å²) in [5.41, 5.74) is 1.87. The van der Waals surface area contributed by atoms with Crippen molar-refractivity contribution in [1.82, 2.24) is 19.7 Å². The molecule has 6 nitrogen and oxygen atoms in total. The Balaban J connectivity index is 1.90. The SMILES string of the molecule is C=C(NCC)c1c(C)sc2nc(COc3ccc(Cl)cn3)cc(=O)n12. The van der Waals surface area contributed by atoms with Crippen molar-refractivity contribution in [2.24, 2.45) is 0 Å². The number of aromatic nitrogens is 3. The summed E-state index contributed by atoms with van der Waals surface area (Å²) >= 11 is 7.24. The van der Waals surface area contributed by atoms with Crippen molar-refractivity contribution in [2.75, 3.05) is 6.54 Å². The van der Waals surface area contributed by atoms with E-state index < -0.39 is 0 Å². The zero-order chi connectivity index (χ0) is 18.0. The van der Waals surface area contributed by atoms with E-state index in [1.807, 2.05) is 13.8 Å². The Bertz CT molecular complexity index is 979. The van der Waals surface area contributed by atoms with Crippen molar-refractivity contribution in [3.63, 3.8) is 0 Å². The molecule has 0 spiro atoms. The molecule has 3 rings (SSSR count). The van der Waals surface area contributed by atoms with Gasteiger partial charge in [-0.15, -0.1) is 11.3 Å². The van der Waals surface area contributed by atoms with Crippen LogP contribution in [0.5, 0.6) is 5.88 Å². The number of thiazole rings is 1. The number of ether oxygens (including phenoxy) is 1. The molecule has 0 saturated carbocycles. The average molecular weight is 377 g/mol. The Labute approximate surface area is 153 Å². The second kappa shape index (κ2) is 7.25. The maximum atomic E-state index is 12.6. The second-order valence-corrected chi connectivity index (χ2v) is 6.94. The summed E-state index contributed by atoms with van der Waals surface area (Å²) in [6.45, 7) is 8.83. The lowest BCUT2D eigenvalue weighted by molar-refractivity contribution is 0.289.